The average molecular weight is 643 g/mol. The molecule has 0 spiro atoms. The normalized spacial score (nSPS) is 18.9. The van der Waals surface area contributed by atoms with Crippen LogP contribution in [0.5, 0.6) is 0 Å². The molecule has 0 aliphatic heterocycles. The maximum atomic E-state index is 13.6. The maximum absolute atomic E-state index is 13.6. The first-order valence-corrected chi connectivity index (χ1v) is 16.5. The van der Waals surface area contributed by atoms with Gasteiger partial charge in [0, 0.05) is 58.3 Å². The Bertz CT molecular complexity index is 2220. The van der Waals surface area contributed by atoms with Crippen LogP contribution in [0.15, 0.2) is 83.2 Å². The van der Waals surface area contributed by atoms with Crippen LogP contribution in [0.3, 0.4) is 0 Å². The molecule has 2 aromatic carbocycles. The van der Waals surface area contributed by atoms with E-state index in [1.54, 1.807) is 71.2 Å². The van der Waals surface area contributed by atoms with E-state index in [0.717, 1.165) is 32.4 Å². The number of rotatable bonds is 4. The predicted molar refractivity (Wildman–Crippen MR) is 185 cm³/mol. The third-order valence-corrected chi connectivity index (χ3v) is 11.7. The summed E-state index contributed by atoms with van der Waals surface area (Å²) in [6.07, 6.45) is 5.30. The van der Waals surface area contributed by atoms with E-state index in [2.05, 4.69) is 35.7 Å². The molecule has 0 atom stereocenters. The Morgan fingerprint density at radius 1 is 0.723 bits per heavy atom. The van der Waals surface area contributed by atoms with Gasteiger partial charge >= 0.3 is 0 Å². The third kappa shape index (κ3) is 4.17. The van der Waals surface area contributed by atoms with E-state index in [9.17, 15) is 20.1 Å². The fourth-order valence-electron chi connectivity index (χ4n) is 7.12. The summed E-state index contributed by atoms with van der Waals surface area (Å²) in [5.74, 6) is -0.406. The molecule has 2 heterocycles. The van der Waals surface area contributed by atoms with Crippen molar-refractivity contribution in [2.45, 2.75) is 32.1 Å². The molecule has 3 aliphatic rings. The van der Waals surface area contributed by atoms with Gasteiger partial charge in [0.05, 0.1) is 25.3 Å². The smallest absolute Gasteiger partial charge is 0.270 e. The molecule has 0 saturated heterocycles. The Morgan fingerprint density at radius 2 is 1.11 bits per heavy atom. The predicted octanol–water partition coefficient (Wildman–Crippen LogP) is 9.76. The van der Waals surface area contributed by atoms with E-state index in [-0.39, 0.29) is 28.4 Å². The van der Waals surface area contributed by atoms with Gasteiger partial charge < -0.3 is 0 Å². The summed E-state index contributed by atoms with van der Waals surface area (Å²) in [6.45, 7) is 19.5. The molecule has 8 heteroatoms. The fourth-order valence-corrected chi connectivity index (χ4v) is 9.68. The van der Waals surface area contributed by atoms with E-state index in [1.165, 1.54) is 11.1 Å². The van der Waals surface area contributed by atoms with Crippen molar-refractivity contribution in [3.8, 4) is 21.9 Å². The van der Waals surface area contributed by atoms with Gasteiger partial charge in [-0.05, 0) is 59.4 Å². The number of nitrogens with zero attached hydrogens (tertiary/aromatic N) is 4. The molecule has 0 bridgehead atoms. The maximum Gasteiger partial charge on any atom is 0.270 e. The van der Waals surface area contributed by atoms with Crippen molar-refractivity contribution < 1.29 is 9.59 Å². The summed E-state index contributed by atoms with van der Waals surface area (Å²) >= 11 is 3.14. The van der Waals surface area contributed by atoms with Crippen molar-refractivity contribution in [3.63, 3.8) is 0 Å². The van der Waals surface area contributed by atoms with Gasteiger partial charge in [-0.25, -0.2) is 20.2 Å². The Balaban J connectivity index is 1.38. The number of benzene rings is 2. The lowest BCUT2D eigenvalue weighted by Gasteiger charge is -2.28. The molecule has 47 heavy (non-hydrogen) atoms. The molecule has 2 aromatic heterocycles. The minimum Gasteiger partial charge on any atom is -0.289 e. The lowest BCUT2D eigenvalue weighted by molar-refractivity contribution is 0.103. The first-order chi connectivity index (χ1) is 22.8. The van der Waals surface area contributed by atoms with Crippen LogP contribution in [-0.4, -0.2) is 11.6 Å². The number of fused-ring (bicyclic) bond motifs is 5. The van der Waals surface area contributed by atoms with E-state index in [4.69, 9.17) is 13.1 Å². The summed E-state index contributed by atoms with van der Waals surface area (Å²) in [5, 5.41) is 19.5. The summed E-state index contributed by atoms with van der Waals surface area (Å²) in [6, 6.07) is 22.4. The van der Waals surface area contributed by atoms with Crippen molar-refractivity contribution in [3.05, 3.63) is 149 Å². The Hall–Kier alpha value is -5.90. The van der Waals surface area contributed by atoms with Crippen LogP contribution in [0.25, 0.3) is 42.7 Å². The van der Waals surface area contributed by atoms with Crippen LogP contribution < -0.4 is 0 Å². The standard InChI is InChI=1S/C39H22N4O2S2/c1-5-39(6-2)29-17-21(15-27-33(31(19-40)42-3)23-11-7-9-13-25(23)35(27)44)46-37(29)38-30(39)18-22(47-38)16-28-34(32(20-41)43-4)24-12-8-10-14-26(24)36(28)45/h7-18H,5-6H2,1-2H3/b27-15-,28-16-,33-31-,34-32+. The molecule has 7 rings (SSSR count). The van der Waals surface area contributed by atoms with E-state index >= 15 is 0 Å². The lowest BCUT2D eigenvalue weighted by Crippen LogP contribution is -2.22. The van der Waals surface area contributed by atoms with E-state index in [1.807, 2.05) is 24.3 Å². The number of nitriles is 2. The molecule has 0 unspecified atom stereocenters. The second kappa shape index (κ2) is 11.2. The highest BCUT2D eigenvalue weighted by Gasteiger charge is 2.44. The van der Waals surface area contributed by atoms with Crippen LogP contribution in [-0.2, 0) is 5.41 Å². The van der Waals surface area contributed by atoms with Crippen LogP contribution in [0, 0.1) is 35.8 Å². The van der Waals surface area contributed by atoms with Gasteiger partial charge in [-0.1, -0.05) is 62.4 Å². The molecule has 0 radical (unpaired) electrons. The third-order valence-electron chi connectivity index (χ3n) is 9.34. The molecule has 6 nitrogen and oxygen atoms in total. The number of carbonyl (C=O) groups excluding carboxylic acids is 2. The molecule has 3 aliphatic carbocycles. The van der Waals surface area contributed by atoms with Crippen molar-refractivity contribution in [1.82, 2.24) is 0 Å². The second-order valence-corrected chi connectivity index (χ2v) is 13.5. The summed E-state index contributed by atoms with van der Waals surface area (Å²) < 4.78 is 0. The van der Waals surface area contributed by atoms with Gasteiger partial charge in [0.2, 0.25) is 0 Å². The van der Waals surface area contributed by atoms with Gasteiger partial charge in [0.15, 0.2) is 11.6 Å². The zero-order valence-electron chi connectivity index (χ0n) is 25.3. The topological polar surface area (TPSA) is 90.4 Å². The zero-order valence-corrected chi connectivity index (χ0v) is 26.9. The van der Waals surface area contributed by atoms with Crippen molar-refractivity contribution in [2.24, 2.45) is 0 Å². The summed E-state index contributed by atoms with van der Waals surface area (Å²) in [7, 11) is 0. The molecule has 0 saturated carbocycles. The number of ketones is 2. The number of hydrogen-bond donors (Lipinski definition) is 0. The van der Waals surface area contributed by atoms with Crippen molar-refractivity contribution >= 4 is 57.5 Å². The largest absolute Gasteiger partial charge is 0.289 e. The second-order valence-electron chi connectivity index (χ2n) is 11.3. The van der Waals surface area contributed by atoms with Gasteiger partial charge in [-0.15, -0.1) is 22.7 Å². The van der Waals surface area contributed by atoms with Gasteiger partial charge in [0.1, 0.15) is 0 Å². The van der Waals surface area contributed by atoms with Crippen LogP contribution in [0.4, 0.5) is 0 Å². The Kier molecular flexibility index (Phi) is 7.08. The number of Topliss-reactive ketones (excluding diaryl/α,β-unsaturated/α-hetero) is 2. The molecule has 0 amide bonds. The highest BCUT2D eigenvalue weighted by molar-refractivity contribution is 7.23. The first-order valence-electron chi connectivity index (χ1n) is 14.9. The number of hydrogen-bond acceptors (Lipinski definition) is 6. The first kappa shape index (κ1) is 29.8. The van der Waals surface area contributed by atoms with Crippen molar-refractivity contribution in [1.29, 1.82) is 10.5 Å². The number of carbonyl (C=O) groups is 2. The van der Waals surface area contributed by atoms with Crippen LogP contribution >= 0.6 is 22.7 Å². The van der Waals surface area contributed by atoms with Crippen molar-refractivity contribution in [2.75, 3.05) is 0 Å². The average Bonchev–Trinajstić information content (AvgIpc) is 3.88. The lowest BCUT2D eigenvalue weighted by atomic mass is 9.75. The molecule has 0 fully saturated rings. The SMILES string of the molecule is [C-]#[N+]/C(C#N)=C1\C(=C\c2cc3c(s2)-c2sc(/C=C4\C(=O)c5ccccc5\C4=C(\C#N)[N+]#[C-])cc2C3(CC)CC)C(=O)c2ccccc21. The highest BCUT2D eigenvalue weighted by Crippen LogP contribution is 2.59. The van der Waals surface area contributed by atoms with Crippen LogP contribution in [0.2, 0.25) is 0 Å². The van der Waals surface area contributed by atoms with Crippen LogP contribution in [0.1, 0.15) is 79.4 Å². The highest BCUT2D eigenvalue weighted by atomic mass is 32.1. The molecule has 0 N–H and O–H groups in total. The molecular weight excluding hydrogens is 621 g/mol. The Morgan fingerprint density at radius 3 is 1.45 bits per heavy atom. The van der Waals surface area contributed by atoms with Gasteiger partial charge in [-0.2, -0.15) is 0 Å². The molecular formula is C39H22N4O2S2. The monoisotopic (exact) mass is 642 g/mol. The number of thiophene rings is 2. The summed E-state index contributed by atoms with van der Waals surface area (Å²) in [5.41, 5.74) is 5.49. The minimum atomic E-state index is -0.281. The van der Waals surface area contributed by atoms with E-state index < -0.39 is 0 Å². The minimum absolute atomic E-state index is 0.108. The van der Waals surface area contributed by atoms with Gasteiger partial charge in [0.25, 0.3) is 11.4 Å². The van der Waals surface area contributed by atoms with Gasteiger partial charge in [-0.3, -0.25) is 9.59 Å². The quantitative estimate of drug-likeness (QED) is 0.126. The number of allylic oxidation sites excluding steroid dienone is 6. The Labute approximate surface area is 279 Å². The molecule has 222 valence electrons. The fraction of sp³-hybridized carbons (Fsp3) is 0.128. The molecule has 4 aromatic rings. The van der Waals surface area contributed by atoms with E-state index in [0.29, 0.717) is 44.5 Å². The summed E-state index contributed by atoms with van der Waals surface area (Å²) in [4.78, 5) is 38.0. The zero-order chi connectivity index (χ0) is 33.0.